The molecule has 6 heteroatoms. The monoisotopic (exact) mass is 363 g/mol. The van der Waals surface area contributed by atoms with Gasteiger partial charge in [-0.1, -0.05) is 24.3 Å². The third-order valence-corrected chi connectivity index (χ3v) is 3.98. The lowest BCUT2D eigenvalue weighted by Gasteiger charge is -2.14. The van der Waals surface area contributed by atoms with E-state index in [4.69, 9.17) is 4.74 Å². The van der Waals surface area contributed by atoms with Crippen LogP contribution in [0.3, 0.4) is 0 Å². The van der Waals surface area contributed by atoms with Gasteiger partial charge in [-0.05, 0) is 43.7 Å². The van der Waals surface area contributed by atoms with Gasteiger partial charge in [-0.3, -0.25) is 9.59 Å². The Kier molecular flexibility index (Phi) is 6.73. The van der Waals surface area contributed by atoms with Crippen molar-refractivity contribution in [2.45, 2.75) is 19.9 Å². The number of hydrogen-bond acceptors (Lipinski definition) is 5. The summed E-state index contributed by atoms with van der Waals surface area (Å²) in [6.45, 7) is 3.31. The van der Waals surface area contributed by atoms with Gasteiger partial charge in [0.25, 0.3) is 5.91 Å². The normalized spacial score (nSPS) is 11.9. The van der Waals surface area contributed by atoms with E-state index in [1.54, 1.807) is 31.4 Å². The topological polar surface area (TPSA) is 91.2 Å². The zero-order valence-corrected chi connectivity index (χ0v) is 15.4. The average Bonchev–Trinajstić information content (AvgIpc) is 2.68. The molecule has 0 radical (unpaired) electrons. The number of carbonyl (C=O) groups excluding carboxylic acids is 2. The summed E-state index contributed by atoms with van der Waals surface area (Å²) in [5.41, 5.74) is 1.99. The van der Waals surface area contributed by atoms with E-state index in [9.17, 15) is 14.9 Å². The van der Waals surface area contributed by atoms with Crippen molar-refractivity contribution in [1.82, 2.24) is 5.32 Å². The number of nitriles is 1. The Hall–Kier alpha value is -3.59. The lowest BCUT2D eigenvalue weighted by atomic mass is 10.1. The highest BCUT2D eigenvalue weighted by Gasteiger charge is 2.14. The Balaban J connectivity index is 2.06. The summed E-state index contributed by atoms with van der Waals surface area (Å²) >= 11 is 0. The number of hydrogen-bond donors (Lipinski definition) is 2. The van der Waals surface area contributed by atoms with Gasteiger partial charge >= 0.3 is 0 Å². The van der Waals surface area contributed by atoms with E-state index in [1.807, 2.05) is 37.3 Å². The number of benzene rings is 2. The first-order chi connectivity index (χ1) is 12.9. The molecule has 138 valence electrons. The van der Waals surface area contributed by atoms with Gasteiger partial charge in [0.1, 0.15) is 17.4 Å². The number of carbonyl (C=O) groups is 2. The van der Waals surface area contributed by atoms with Crippen LogP contribution in [-0.2, 0) is 4.79 Å². The van der Waals surface area contributed by atoms with Crippen molar-refractivity contribution >= 4 is 17.4 Å². The Morgan fingerprint density at radius 3 is 2.48 bits per heavy atom. The number of amides is 1. The molecule has 27 heavy (non-hydrogen) atoms. The van der Waals surface area contributed by atoms with Crippen LogP contribution in [0, 0.1) is 11.3 Å². The molecule has 0 aliphatic carbocycles. The average molecular weight is 363 g/mol. The van der Waals surface area contributed by atoms with Crippen LogP contribution in [0.4, 0.5) is 5.69 Å². The molecule has 0 bridgehead atoms. The maximum Gasteiger partial charge on any atom is 0.263 e. The van der Waals surface area contributed by atoms with Gasteiger partial charge in [-0.25, -0.2) is 0 Å². The molecule has 0 aliphatic heterocycles. The minimum absolute atomic E-state index is 0.0609. The molecule has 0 heterocycles. The third kappa shape index (κ3) is 5.44. The molecule has 2 rings (SSSR count). The van der Waals surface area contributed by atoms with Gasteiger partial charge in [-0.15, -0.1) is 0 Å². The maximum atomic E-state index is 12.4. The van der Waals surface area contributed by atoms with Gasteiger partial charge in [0.2, 0.25) is 0 Å². The summed E-state index contributed by atoms with van der Waals surface area (Å²) < 4.78 is 5.11. The molecule has 6 nitrogen and oxygen atoms in total. The summed E-state index contributed by atoms with van der Waals surface area (Å²) in [6.07, 6.45) is 1.33. The second kappa shape index (κ2) is 9.20. The number of ether oxygens (including phenoxy) is 1. The largest absolute Gasteiger partial charge is 0.497 e. The van der Waals surface area contributed by atoms with E-state index in [-0.39, 0.29) is 17.4 Å². The number of methoxy groups -OCH3 is 1. The van der Waals surface area contributed by atoms with Crippen LogP contribution in [0.25, 0.3) is 0 Å². The smallest absolute Gasteiger partial charge is 0.263 e. The van der Waals surface area contributed by atoms with Crippen molar-refractivity contribution in [3.05, 3.63) is 71.4 Å². The predicted molar refractivity (Wildman–Crippen MR) is 103 cm³/mol. The molecular formula is C21H21N3O3. The fourth-order valence-corrected chi connectivity index (χ4v) is 2.38. The van der Waals surface area contributed by atoms with E-state index in [1.165, 1.54) is 13.1 Å². The summed E-state index contributed by atoms with van der Waals surface area (Å²) in [5, 5.41) is 15.0. The molecule has 1 atom stereocenters. The second-order valence-corrected chi connectivity index (χ2v) is 5.92. The molecule has 2 N–H and O–H groups in total. The highest BCUT2D eigenvalue weighted by Crippen LogP contribution is 2.18. The van der Waals surface area contributed by atoms with Gasteiger partial charge in [-0.2, -0.15) is 5.26 Å². The summed E-state index contributed by atoms with van der Waals surface area (Å²) in [7, 11) is 1.59. The van der Waals surface area contributed by atoms with E-state index >= 15 is 0 Å². The van der Waals surface area contributed by atoms with Crippen LogP contribution in [0.1, 0.15) is 35.8 Å². The van der Waals surface area contributed by atoms with Gasteiger partial charge in [0.05, 0.1) is 13.2 Å². The first-order valence-electron chi connectivity index (χ1n) is 8.37. The Morgan fingerprint density at radius 1 is 1.19 bits per heavy atom. The molecule has 0 aromatic heterocycles. The number of Topliss-reactive ketones (excluding diaryl/α,β-unsaturated/α-hetero) is 1. The molecule has 0 spiro atoms. The number of anilines is 1. The minimum Gasteiger partial charge on any atom is -0.497 e. The van der Waals surface area contributed by atoms with Crippen molar-refractivity contribution in [1.29, 1.82) is 5.26 Å². The second-order valence-electron chi connectivity index (χ2n) is 5.92. The number of nitrogens with one attached hydrogen (secondary N) is 2. The van der Waals surface area contributed by atoms with Crippen LogP contribution in [0.15, 0.2) is 60.3 Å². The highest BCUT2D eigenvalue weighted by atomic mass is 16.5. The SMILES string of the molecule is COc1ccc(C(C)NC(=O)/C(C#N)=C\Nc2cccc(C(C)=O)c2)cc1. The zero-order valence-electron chi connectivity index (χ0n) is 15.4. The first kappa shape index (κ1) is 19.7. The van der Waals surface area contributed by atoms with Crippen LogP contribution in [0.5, 0.6) is 5.75 Å². The molecular weight excluding hydrogens is 342 g/mol. The molecule has 0 saturated heterocycles. The lowest BCUT2D eigenvalue weighted by Crippen LogP contribution is -2.28. The van der Waals surface area contributed by atoms with Crippen molar-refractivity contribution < 1.29 is 14.3 Å². The van der Waals surface area contributed by atoms with E-state index in [2.05, 4.69) is 10.6 Å². The quantitative estimate of drug-likeness (QED) is 0.446. The van der Waals surface area contributed by atoms with Crippen molar-refractivity contribution in [3.8, 4) is 11.8 Å². The van der Waals surface area contributed by atoms with Crippen molar-refractivity contribution in [2.75, 3.05) is 12.4 Å². The zero-order chi connectivity index (χ0) is 19.8. The molecule has 2 aromatic rings. The van der Waals surface area contributed by atoms with Crippen LogP contribution in [0.2, 0.25) is 0 Å². The van der Waals surface area contributed by atoms with E-state index in [0.717, 1.165) is 11.3 Å². The maximum absolute atomic E-state index is 12.4. The summed E-state index contributed by atoms with van der Waals surface area (Å²) in [4.78, 5) is 23.8. The predicted octanol–water partition coefficient (Wildman–Crippen LogP) is 3.59. The Labute approximate surface area is 158 Å². The summed E-state index contributed by atoms with van der Waals surface area (Å²) in [5.74, 6) is 0.178. The molecule has 2 aromatic carbocycles. The molecule has 1 unspecified atom stereocenters. The van der Waals surface area contributed by atoms with Gasteiger partial charge in [0.15, 0.2) is 5.78 Å². The Bertz CT molecular complexity index is 896. The van der Waals surface area contributed by atoms with Crippen molar-refractivity contribution in [2.24, 2.45) is 0 Å². The lowest BCUT2D eigenvalue weighted by molar-refractivity contribution is -0.117. The molecule has 0 aliphatic rings. The number of ketones is 1. The minimum atomic E-state index is -0.490. The fourth-order valence-electron chi connectivity index (χ4n) is 2.38. The van der Waals surface area contributed by atoms with E-state index < -0.39 is 5.91 Å². The first-order valence-corrected chi connectivity index (χ1v) is 8.37. The Morgan fingerprint density at radius 2 is 1.89 bits per heavy atom. The highest BCUT2D eigenvalue weighted by molar-refractivity contribution is 5.98. The third-order valence-electron chi connectivity index (χ3n) is 3.98. The molecule has 0 fully saturated rings. The molecule has 0 saturated carbocycles. The van der Waals surface area contributed by atoms with Gasteiger partial charge in [0, 0.05) is 17.5 Å². The van der Waals surface area contributed by atoms with Crippen LogP contribution < -0.4 is 15.4 Å². The fraction of sp³-hybridized carbons (Fsp3) is 0.190. The van der Waals surface area contributed by atoms with E-state index in [0.29, 0.717) is 11.3 Å². The van der Waals surface area contributed by atoms with Crippen LogP contribution in [-0.4, -0.2) is 18.8 Å². The van der Waals surface area contributed by atoms with Gasteiger partial charge < -0.3 is 15.4 Å². The summed E-state index contributed by atoms with van der Waals surface area (Å²) in [6, 6.07) is 15.8. The van der Waals surface area contributed by atoms with Crippen LogP contribution >= 0.6 is 0 Å². The molecule has 1 amide bonds. The van der Waals surface area contributed by atoms with Crippen molar-refractivity contribution in [3.63, 3.8) is 0 Å². The number of rotatable bonds is 7. The standard InChI is InChI=1S/C21H21N3O3/c1-14(16-7-9-20(27-3)10-8-16)24-21(26)18(12-22)13-23-19-6-4-5-17(11-19)15(2)25/h4-11,13-14,23H,1-3H3,(H,24,26)/b18-13-. The number of nitrogens with zero attached hydrogens (tertiary/aromatic N) is 1.